The monoisotopic (exact) mass is 350 g/mol. The van der Waals surface area contributed by atoms with E-state index in [9.17, 15) is 0 Å². The highest BCUT2D eigenvalue weighted by Crippen LogP contribution is 2.28. The Balaban J connectivity index is 0.000000871. The average Bonchev–Trinajstić information content (AvgIpc) is 3.12. The van der Waals surface area contributed by atoms with Crippen molar-refractivity contribution in [3.8, 4) is 0 Å². The highest BCUT2D eigenvalue weighted by atomic mass is 15.2. The molecule has 1 aromatic rings. The van der Waals surface area contributed by atoms with Crippen LogP contribution in [0.15, 0.2) is 18.5 Å². The Bertz CT molecular complexity index is 388. The summed E-state index contributed by atoms with van der Waals surface area (Å²) >= 11 is 0. The summed E-state index contributed by atoms with van der Waals surface area (Å²) in [5.41, 5.74) is 0. The maximum Gasteiger partial charge on any atom is 0.225 e. The van der Waals surface area contributed by atoms with Crippen LogP contribution in [0.4, 0.5) is 5.95 Å². The third-order valence-electron chi connectivity index (χ3n) is 4.73. The van der Waals surface area contributed by atoms with Gasteiger partial charge in [-0.1, -0.05) is 41.5 Å². The number of likely N-dealkylation sites (tertiary alicyclic amines) is 1. The van der Waals surface area contributed by atoms with Gasteiger partial charge in [0.05, 0.1) is 0 Å². The van der Waals surface area contributed by atoms with Gasteiger partial charge in [0.25, 0.3) is 0 Å². The van der Waals surface area contributed by atoms with Crippen molar-refractivity contribution in [1.82, 2.24) is 14.9 Å². The smallest absolute Gasteiger partial charge is 0.225 e. The molecule has 1 unspecified atom stereocenters. The number of nitrogens with zero attached hydrogens (tertiary/aromatic N) is 4. The predicted octanol–water partition coefficient (Wildman–Crippen LogP) is 5.26. The van der Waals surface area contributed by atoms with Gasteiger partial charge in [-0.25, -0.2) is 9.97 Å². The maximum atomic E-state index is 4.35. The molecule has 4 nitrogen and oxygen atoms in total. The lowest BCUT2D eigenvalue weighted by atomic mass is 9.89. The van der Waals surface area contributed by atoms with Gasteiger partial charge < -0.3 is 9.80 Å². The van der Waals surface area contributed by atoms with Crippen LogP contribution in [0.5, 0.6) is 0 Å². The molecular formula is C21H42N4. The molecule has 1 atom stereocenters. The van der Waals surface area contributed by atoms with E-state index in [1.54, 1.807) is 0 Å². The lowest BCUT2D eigenvalue weighted by Gasteiger charge is -2.34. The molecule has 2 aliphatic heterocycles. The highest BCUT2D eigenvalue weighted by molar-refractivity contribution is 5.28. The molecule has 146 valence electrons. The van der Waals surface area contributed by atoms with Crippen molar-refractivity contribution in [2.45, 2.75) is 79.7 Å². The fraction of sp³-hybridized carbons (Fsp3) is 0.810. The summed E-state index contributed by atoms with van der Waals surface area (Å²) in [6.07, 6.45) is 10.4. The molecule has 2 saturated heterocycles. The number of hydrogen-bond donors (Lipinski definition) is 0. The molecule has 4 heteroatoms. The van der Waals surface area contributed by atoms with E-state index < -0.39 is 0 Å². The second kappa shape index (κ2) is 15.1. The van der Waals surface area contributed by atoms with Crippen LogP contribution in [0.3, 0.4) is 0 Å². The normalized spacial score (nSPS) is 20.4. The van der Waals surface area contributed by atoms with Gasteiger partial charge in [0.2, 0.25) is 5.95 Å². The minimum atomic E-state index is 0.838. The highest BCUT2D eigenvalue weighted by Gasteiger charge is 2.27. The Morgan fingerprint density at radius 2 is 1.44 bits per heavy atom. The van der Waals surface area contributed by atoms with Crippen molar-refractivity contribution < 1.29 is 0 Å². The van der Waals surface area contributed by atoms with Crippen LogP contribution in [-0.4, -0.2) is 47.6 Å². The van der Waals surface area contributed by atoms with Crippen molar-refractivity contribution in [2.75, 3.05) is 31.6 Å². The third kappa shape index (κ3) is 8.17. The Labute approximate surface area is 157 Å². The molecular weight excluding hydrogens is 308 g/mol. The van der Waals surface area contributed by atoms with Crippen LogP contribution in [0.2, 0.25) is 0 Å². The van der Waals surface area contributed by atoms with E-state index in [2.05, 4.69) is 26.8 Å². The lowest BCUT2D eigenvalue weighted by Crippen LogP contribution is -2.37. The summed E-state index contributed by atoms with van der Waals surface area (Å²) < 4.78 is 0. The van der Waals surface area contributed by atoms with E-state index >= 15 is 0 Å². The van der Waals surface area contributed by atoms with Crippen molar-refractivity contribution >= 4 is 5.95 Å². The van der Waals surface area contributed by atoms with Crippen LogP contribution in [0.1, 0.15) is 73.6 Å². The van der Waals surface area contributed by atoms with E-state index in [0.29, 0.717) is 0 Å². The molecule has 0 N–H and O–H groups in total. The van der Waals surface area contributed by atoms with E-state index in [0.717, 1.165) is 31.0 Å². The molecule has 2 aliphatic rings. The molecule has 0 aliphatic carbocycles. The zero-order chi connectivity index (χ0) is 19.1. The topological polar surface area (TPSA) is 32.3 Å². The second-order valence-corrected chi connectivity index (χ2v) is 5.99. The van der Waals surface area contributed by atoms with Gasteiger partial charge in [0.1, 0.15) is 0 Å². The molecule has 0 bridgehead atoms. The molecule has 0 spiro atoms. The molecule has 0 radical (unpaired) electrons. The Kier molecular flexibility index (Phi) is 14.4. The Morgan fingerprint density at radius 1 is 0.880 bits per heavy atom. The first-order valence-corrected chi connectivity index (χ1v) is 10.5. The first kappa shape index (κ1) is 23.8. The fourth-order valence-corrected chi connectivity index (χ4v) is 3.49. The lowest BCUT2D eigenvalue weighted by molar-refractivity contribution is 0.240. The molecule has 25 heavy (non-hydrogen) atoms. The molecule has 3 rings (SSSR count). The second-order valence-electron chi connectivity index (χ2n) is 5.99. The number of hydrogen-bond acceptors (Lipinski definition) is 4. The fourth-order valence-electron chi connectivity index (χ4n) is 3.49. The largest absolute Gasteiger partial charge is 0.341 e. The van der Waals surface area contributed by atoms with Crippen molar-refractivity contribution in [3.05, 3.63) is 18.5 Å². The minimum absolute atomic E-state index is 0.838. The minimum Gasteiger partial charge on any atom is -0.341 e. The van der Waals surface area contributed by atoms with Crippen LogP contribution >= 0.6 is 0 Å². The number of piperidine rings is 1. The van der Waals surface area contributed by atoms with Crippen LogP contribution < -0.4 is 4.90 Å². The standard InChI is InChI=1S/C15H24N4.3C2H6/c1-18-9-2-4-14(18)12-13-5-10-19(11-6-13)15-16-7-3-8-17-15;3*1-2/h3,7-8,13-14H,2,4-6,9-12H2,1H3;3*1-2H3. The van der Waals surface area contributed by atoms with Crippen molar-refractivity contribution in [2.24, 2.45) is 5.92 Å². The van der Waals surface area contributed by atoms with Gasteiger partial charge in [-0.2, -0.15) is 0 Å². The van der Waals surface area contributed by atoms with E-state index in [1.807, 2.05) is 60.0 Å². The van der Waals surface area contributed by atoms with E-state index in [-0.39, 0.29) is 0 Å². The first-order chi connectivity index (χ1) is 12.3. The van der Waals surface area contributed by atoms with Crippen LogP contribution in [-0.2, 0) is 0 Å². The molecule has 0 amide bonds. The summed E-state index contributed by atoms with van der Waals surface area (Å²) in [5.74, 6) is 1.80. The van der Waals surface area contributed by atoms with Crippen molar-refractivity contribution in [1.29, 1.82) is 0 Å². The average molecular weight is 351 g/mol. The number of aromatic nitrogens is 2. The van der Waals surface area contributed by atoms with Crippen LogP contribution in [0, 0.1) is 5.92 Å². The van der Waals surface area contributed by atoms with E-state index in [4.69, 9.17) is 0 Å². The summed E-state index contributed by atoms with van der Waals surface area (Å²) in [4.78, 5) is 13.6. The van der Waals surface area contributed by atoms with Gasteiger partial charge in [-0.15, -0.1) is 0 Å². The summed E-state index contributed by atoms with van der Waals surface area (Å²) in [7, 11) is 2.28. The van der Waals surface area contributed by atoms with Gasteiger partial charge in [0.15, 0.2) is 0 Å². The Hall–Kier alpha value is -1.16. The number of rotatable bonds is 3. The zero-order valence-corrected chi connectivity index (χ0v) is 17.8. The molecule has 2 fully saturated rings. The van der Waals surface area contributed by atoms with E-state index in [1.165, 1.54) is 38.6 Å². The SMILES string of the molecule is CC.CC.CC.CN1CCCC1CC1CCN(c2ncccn2)CC1. The van der Waals surface area contributed by atoms with Gasteiger partial charge in [-0.3, -0.25) is 0 Å². The molecule has 3 heterocycles. The van der Waals surface area contributed by atoms with Crippen LogP contribution in [0.25, 0.3) is 0 Å². The summed E-state index contributed by atoms with van der Waals surface area (Å²) in [5, 5.41) is 0. The zero-order valence-electron chi connectivity index (χ0n) is 17.8. The Morgan fingerprint density at radius 3 is 1.92 bits per heavy atom. The third-order valence-corrected chi connectivity index (χ3v) is 4.73. The summed E-state index contributed by atoms with van der Waals surface area (Å²) in [6, 6.07) is 2.72. The predicted molar refractivity (Wildman–Crippen MR) is 111 cm³/mol. The maximum absolute atomic E-state index is 4.35. The molecule has 1 aromatic heterocycles. The van der Waals surface area contributed by atoms with Crippen molar-refractivity contribution in [3.63, 3.8) is 0 Å². The number of anilines is 1. The van der Waals surface area contributed by atoms with Gasteiger partial charge in [0, 0.05) is 31.5 Å². The first-order valence-electron chi connectivity index (χ1n) is 10.5. The molecule has 0 saturated carbocycles. The van der Waals surface area contributed by atoms with Gasteiger partial charge in [-0.05, 0) is 57.7 Å². The quantitative estimate of drug-likeness (QED) is 0.744. The molecule has 0 aromatic carbocycles. The summed E-state index contributed by atoms with van der Waals surface area (Å²) in [6.45, 7) is 15.5. The van der Waals surface area contributed by atoms with Gasteiger partial charge >= 0.3 is 0 Å².